The van der Waals surface area contributed by atoms with Crippen molar-refractivity contribution >= 4 is 57.3 Å². The number of halogens is 1. The zero-order valence-corrected chi connectivity index (χ0v) is 19.3. The van der Waals surface area contributed by atoms with Crippen molar-refractivity contribution < 1.29 is 9.59 Å². The van der Waals surface area contributed by atoms with E-state index in [0.29, 0.717) is 16.6 Å². The number of carbonyl (C=O) groups excluding carboxylic acids is 2. The Hall–Kier alpha value is -2.35. The molecule has 0 saturated heterocycles. The highest BCUT2D eigenvalue weighted by molar-refractivity contribution is 8.00. The average molecular weight is 472 g/mol. The summed E-state index contributed by atoms with van der Waals surface area (Å²) in [5, 5.41) is 8.78. The molecule has 1 atom stereocenters. The van der Waals surface area contributed by atoms with Crippen molar-refractivity contribution in [2.75, 3.05) is 10.6 Å². The van der Waals surface area contributed by atoms with Crippen molar-refractivity contribution in [1.29, 1.82) is 0 Å². The van der Waals surface area contributed by atoms with Gasteiger partial charge in [0.15, 0.2) is 5.13 Å². The monoisotopic (exact) mass is 471 g/mol. The summed E-state index contributed by atoms with van der Waals surface area (Å²) in [4.78, 5) is 30.3. The number of thioether (sulfide) groups is 1. The maximum atomic E-state index is 12.8. The molecule has 2 aromatic carbocycles. The molecule has 1 heterocycles. The van der Waals surface area contributed by atoms with E-state index < -0.39 is 0 Å². The van der Waals surface area contributed by atoms with Crippen LogP contribution in [0.5, 0.6) is 0 Å². The summed E-state index contributed by atoms with van der Waals surface area (Å²) in [6.45, 7) is 1.98. The summed E-state index contributed by atoms with van der Waals surface area (Å²) in [5.41, 5.74) is 2.52. The van der Waals surface area contributed by atoms with Gasteiger partial charge < -0.3 is 10.6 Å². The number of thiazole rings is 1. The predicted octanol–water partition coefficient (Wildman–Crippen LogP) is 6.32. The van der Waals surface area contributed by atoms with Crippen LogP contribution in [0.25, 0.3) is 11.3 Å². The van der Waals surface area contributed by atoms with Gasteiger partial charge in [-0.05, 0) is 49.6 Å². The molecule has 1 unspecified atom stereocenters. The molecule has 1 aliphatic rings. The van der Waals surface area contributed by atoms with Crippen LogP contribution in [0.15, 0.2) is 58.8 Å². The second kappa shape index (κ2) is 9.85. The normalized spacial score (nSPS) is 14.1. The summed E-state index contributed by atoms with van der Waals surface area (Å²) in [5.74, 6) is 0.144. The molecule has 5 nitrogen and oxygen atoms in total. The number of nitrogens with zero attached hydrogens (tertiary/aromatic N) is 1. The Morgan fingerprint density at radius 2 is 1.97 bits per heavy atom. The Labute approximate surface area is 194 Å². The first kappa shape index (κ1) is 21.9. The number of hydrogen-bond donors (Lipinski definition) is 2. The molecule has 2 amide bonds. The van der Waals surface area contributed by atoms with Crippen molar-refractivity contribution in [2.45, 2.75) is 36.3 Å². The minimum atomic E-state index is -0.266. The molecule has 0 bridgehead atoms. The summed E-state index contributed by atoms with van der Waals surface area (Å²) in [7, 11) is 0. The van der Waals surface area contributed by atoms with E-state index >= 15 is 0 Å². The SMILES string of the molecule is CCC(Sc1cccc(NC(=O)C2CC2)c1)C(=O)Nc1nc(-c2ccc(Cl)cc2)cs1. The number of nitrogens with one attached hydrogen (secondary N) is 2. The molecule has 1 saturated carbocycles. The van der Waals surface area contributed by atoms with Crippen LogP contribution >= 0.6 is 34.7 Å². The van der Waals surface area contributed by atoms with Gasteiger partial charge in [0.25, 0.3) is 0 Å². The number of aromatic nitrogens is 1. The quantitative estimate of drug-likeness (QED) is 0.377. The molecule has 31 heavy (non-hydrogen) atoms. The van der Waals surface area contributed by atoms with Crippen molar-refractivity contribution in [3.8, 4) is 11.3 Å². The number of carbonyl (C=O) groups is 2. The van der Waals surface area contributed by atoms with E-state index in [2.05, 4.69) is 15.6 Å². The molecule has 0 aliphatic heterocycles. The summed E-state index contributed by atoms with van der Waals surface area (Å²) >= 11 is 8.82. The molecule has 4 rings (SSSR count). The van der Waals surface area contributed by atoms with Crippen LogP contribution in [0, 0.1) is 5.92 Å². The molecule has 160 valence electrons. The van der Waals surface area contributed by atoms with E-state index in [1.165, 1.54) is 23.1 Å². The molecule has 3 aromatic rings. The third kappa shape index (κ3) is 5.87. The van der Waals surface area contributed by atoms with E-state index in [1.807, 2.05) is 60.8 Å². The minimum absolute atomic E-state index is 0.0761. The van der Waals surface area contributed by atoms with Crippen LogP contribution in [0.3, 0.4) is 0 Å². The Morgan fingerprint density at radius 1 is 1.19 bits per heavy atom. The van der Waals surface area contributed by atoms with Crippen LogP contribution in [0.4, 0.5) is 10.8 Å². The Morgan fingerprint density at radius 3 is 2.68 bits per heavy atom. The number of anilines is 2. The second-order valence-corrected chi connectivity index (χ2v) is 9.91. The highest BCUT2D eigenvalue weighted by Gasteiger charge is 2.29. The number of amides is 2. The third-order valence-corrected chi connectivity index (χ3v) is 7.23. The summed E-state index contributed by atoms with van der Waals surface area (Å²) in [6, 6.07) is 15.1. The Bertz CT molecular complexity index is 1080. The fourth-order valence-corrected chi connectivity index (χ4v) is 4.86. The van der Waals surface area contributed by atoms with E-state index in [9.17, 15) is 9.59 Å². The molecule has 1 aliphatic carbocycles. The lowest BCUT2D eigenvalue weighted by Gasteiger charge is -2.14. The lowest BCUT2D eigenvalue weighted by Crippen LogP contribution is -2.24. The Balaban J connectivity index is 1.38. The van der Waals surface area contributed by atoms with Crippen LogP contribution < -0.4 is 10.6 Å². The minimum Gasteiger partial charge on any atom is -0.326 e. The largest absolute Gasteiger partial charge is 0.326 e. The van der Waals surface area contributed by atoms with E-state index in [1.54, 1.807) is 0 Å². The van der Waals surface area contributed by atoms with Gasteiger partial charge in [0.05, 0.1) is 10.9 Å². The molecule has 0 radical (unpaired) electrons. The average Bonchev–Trinajstić information content (AvgIpc) is 3.52. The predicted molar refractivity (Wildman–Crippen MR) is 129 cm³/mol. The van der Waals surface area contributed by atoms with Gasteiger partial charge in [-0.1, -0.05) is 36.7 Å². The van der Waals surface area contributed by atoms with Crippen LogP contribution in [-0.4, -0.2) is 22.0 Å². The fraction of sp³-hybridized carbons (Fsp3) is 0.261. The van der Waals surface area contributed by atoms with Crippen molar-refractivity contribution in [3.63, 3.8) is 0 Å². The van der Waals surface area contributed by atoms with Gasteiger partial charge in [-0.25, -0.2) is 4.98 Å². The summed E-state index contributed by atoms with van der Waals surface area (Å²) in [6.07, 6.45) is 2.61. The molecular weight excluding hydrogens is 450 g/mol. The first-order chi connectivity index (χ1) is 15.0. The topological polar surface area (TPSA) is 71.1 Å². The van der Waals surface area contributed by atoms with Crippen molar-refractivity contribution in [3.05, 3.63) is 58.9 Å². The first-order valence-electron chi connectivity index (χ1n) is 10.1. The smallest absolute Gasteiger partial charge is 0.239 e. The van der Waals surface area contributed by atoms with E-state index in [4.69, 9.17) is 11.6 Å². The molecule has 0 spiro atoms. The van der Waals surface area contributed by atoms with Gasteiger partial charge in [0.2, 0.25) is 11.8 Å². The molecule has 1 aromatic heterocycles. The van der Waals surface area contributed by atoms with Crippen LogP contribution in [0.2, 0.25) is 5.02 Å². The van der Waals surface area contributed by atoms with Crippen LogP contribution in [-0.2, 0) is 9.59 Å². The number of benzene rings is 2. The lowest BCUT2D eigenvalue weighted by atomic mass is 10.2. The van der Waals surface area contributed by atoms with Gasteiger partial charge in [0, 0.05) is 32.5 Å². The van der Waals surface area contributed by atoms with E-state index in [-0.39, 0.29) is 23.0 Å². The number of hydrogen-bond acceptors (Lipinski definition) is 5. The lowest BCUT2D eigenvalue weighted by molar-refractivity contribution is -0.117. The standard InChI is InChI=1S/C23H22ClN3O2S2/c1-2-20(31-18-5-3-4-17(12-18)25-21(28)15-6-7-15)22(29)27-23-26-19(13-30-23)14-8-10-16(24)11-9-14/h3-5,8-13,15,20H,2,6-7H2,1H3,(H,25,28)(H,26,27,29). The van der Waals surface area contributed by atoms with Gasteiger partial charge in [-0.15, -0.1) is 23.1 Å². The molecule has 2 N–H and O–H groups in total. The maximum absolute atomic E-state index is 12.8. The maximum Gasteiger partial charge on any atom is 0.239 e. The Kier molecular flexibility index (Phi) is 6.95. The van der Waals surface area contributed by atoms with Gasteiger partial charge in [-0.2, -0.15) is 0 Å². The number of rotatable bonds is 8. The van der Waals surface area contributed by atoms with Gasteiger partial charge in [0.1, 0.15) is 0 Å². The molecule has 8 heteroatoms. The van der Waals surface area contributed by atoms with E-state index in [0.717, 1.165) is 34.7 Å². The van der Waals surface area contributed by atoms with Gasteiger partial charge >= 0.3 is 0 Å². The van der Waals surface area contributed by atoms with Gasteiger partial charge in [-0.3, -0.25) is 9.59 Å². The fourth-order valence-electron chi connectivity index (χ4n) is 2.99. The summed E-state index contributed by atoms with van der Waals surface area (Å²) < 4.78 is 0. The van der Waals surface area contributed by atoms with Crippen molar-refractivity contribution in [2.24, 2.45) is 5.92 Å². The first-order valence-corrected chi connectivity index (χ1v) is 12.3. The second-order valence-electron chi connectivity index (χ2n) is 7.34. The zero-order valence-electron chi connectivity index (χ0n) is 16.9. The highest BCUT2D eigenvalue weighted by Crippen LogP contribution is 2.32. The zero-order chi connectivity index (χ0) is 21.8. The third-order valence-electron chi connectivity index (χ3n) is 4.87. The molecular formula is C23H22ClN3O2S2. The molecule has 1 fully saturated rings. The van der Waals surface area contributed by atoms with Crippen LogP contribution in [0.1, 0.15) is 26.2 Å². The highest BCUT2D eigenvalue weighted by atomic mass is 35.5. The van der Waals surface area contributed by atoms with Crippen molar-refractivity contribution in [1.82, 2.24) is 4.98 Å².